The molecule has 156 valence electrons. The average Bonchev–Trinajstić information content (AvgIpc) is 3.20. The molecule has 1 aromatic heterocycles. The van der Waals surface area contributed by atoms with E-state index in [0.29, 0.717) is 13.2 Å². The lowest BCUT2D eigenvalue weighted by Gasteiger charge is -2.33. The van der Waals surface area contributed by atoms with Crippen molar-refractivity contribution in [2.45, 2.75) is 19.6 Å². The summed E-state index contributed by atoms with van der Waals surface area (Å²) < 4.78 is 5.83. The number of thiazole rings is 1. The summed E-state index contributed by atoms with van der Waals surface area (Å²) in [6.07, 6.45) is -0.0159. The molecule has 0 saturated carbocycles. The summed E-state index contributed by atoms with van der Waals surface area (Å²) in [6, 6.07) is 17.9. The van der Waals surface area contributed by atoms with Crippen molar-refractivity contribution in [3.63, 3.8) is 0 Å². The van der Waals surface area contributed by atoms with Crippen molar-refractivity contribution >= 4 is 23.1 Å². The standard InChI is InChI=1S/C23H26N4O2S/c1-17-16-30-22(25-17)19-8-5-9-20(12-19)26-23(28)24-13-21-15-27(10-11-29-21)14-18-6-3-2-4-7-18/h2-9,12,16,21H,10-11,13-15H2,1H3,(H2,24,26,28). The molecule has 30 heavy (non-hydrogen) atoms. The summed E-state index contributed by atoms with van der Waals surface area (Å²) >= 11 is 1.60. The van der Waals surface area contributed by atoms with Crippen LogP contribution in [0.3, 0.4) is 0 Å². The number of aromatic nitrogens is 1. The molecule has 4 rings (SSSR count). The summed E-state index contributed by atoms with van der Waals surface area (Å²) in [4.78, 5) is 19.2. The van der Waals surface area contributed by atoms with Gasteiger partial charge in [0.2, 0.25) is 0 Å². The van der Waals surface area contributed by atoms with Gasteiger partial charge in [-0.3, -0.25) is 4.90 Å². The Labute approximate surface area is 180 Å². The zero-order chi connectivity index (χ0) is 20.8. The lowest BCUT2D eigenvalue weighted by Crippen LogP contribution is -2.47. The second-order valence-electron chi connectivity index (χ2n) is 7.42. The number of nitrogens with zero attached hydrogens (tertiary/aromatic N) is 2. The van der Waals surface area contributed by atoms with E-state index in [1.165, 1.54) is 5.56 Å². The molecule has 1 aliphatic rings. The summed E-state index contributed by atoms with van der Waals surface area (Å²) in [6.45, 7) is 5.73. The Morgan fingerprint density at radius 1 is 1.23 bits per heavy atom. The lowest BCUT2D eigenvalue weighted by atomic mass is 10.2. The van der Waals surface area contributed by atoms with Crippen molar-refractivity contribution in [3.05, 3.63) is 71.2 Å². The van der Waals surface area contributed by atoms with E-state index in [0.717, 1.165) is 41.6 Å². The van der Waals surface area contributed by atoms with Gasteiger partial charge in [-0.2, -0.15) is 0 Å². The van der Waals surface area contributed by atoms with Crippen LogP contribution in [0.1, 0.15) is 11.3 Å². The van der Waals surface area contributed by atoms with Crippen LogP contribution in [0, 0.1) is 6.92 Å². The molecular weight excluding hydrogens is 396 g/mol. The van der Waals surface area contributed by atoms with Crippen LogP contribution in [-0.4, -0.2) is 48.3 Å². The second-order valence-corrected chi connectivity index (χ2v) is 8.28. The average molecular weight is 423 g/mol. The van der Waals surface area contributed by atoms with E-state index < -0.39 is 0 Å². The third-order valence-corrected chi connectivity index (χ3v) is 5.96. The van der Waals surface area contributed by atoms with Crippen LogP contribution in [0.25, 0.3) is 10.6 Å². The van der Waals surface area contributed by atoms with Gasteiger partial charge in [-0.05, 0) is 24.6 Å². The van der Waals surface area contributed by atoms with Crippen LogP contribution < -0.4 is 10.6 Å². The van der Waals surface area contributed by atoms with Crippen molar-refractivity contribution in [3.8, 4) is 10.6 Å². The Balaban J connectivity index is 1.26. The van der Waals surface area contributed by atoms with Crippen molar-refractivity contribution < 1.29 is 9.53 Å². The Bertz CT molecular complexity index is 976. The Morgan fingerprint density at radius 3 is 2.90 bits per heavy atom. The molecule has 3 aromatic rings. The topological polar surface area (TPSA) is 66.5 Å². The fourth-order valence-electron chi connectivity index (χ4n) is 3.49. The minimum atomic E-state index is -0.230. The van der Waals surface area contributed by atoms with Crippen molar-refractivity contribution in [1.82, 2.24) is 15.2 Å². The number of ether oxygens (including phenoxy) is 1. The summed E-state index contributed by atoms with van der Waals surface area (Å²) in [5, 5.41) is 8.81. The summed E-state index contributed by atoms with van der Waals surface area (Å²) in [7, 11) is 0. The summed E-state index contributed by atoms with van der Waals surface area (Å²) in [5.41, 5.74) is 4.03. The molecule has 1 atom stereocenters. The van der Waals surface area contributed by atoms with E-state index in [9.17, 15) is 4.79 Å². The van der Waals surface area contributed by atoms with E-state index in [1.54, 1.807) is 11.3 Å². The number of amides is 2. The minimum Gasteiger partial charge on any atom is -0.374 e. The molecule has 2 amide bonds. The molecule has 1 saturated heterocycles. The highest BCUT2D eigenvalue weighted by Gasteiger charge is 2.21. The van der Waals surface area contributed by atoms with Crippen LogP contribution in [0.5, 0.6) is 0 Å². The third-order valence-electron chi connectivity index (χ3n) is 4.95. The van der Waals surface area contributed by atoms with Gasteiger partial charge in [-0.25, -0.2) is 9.78 Å². The molecule has 1 aliphatic heterocycles. The summed E-state index contributed by atoms with van der Waals surface area (Å²) in [5.74, 6) is 0. The highest BCUT2D eigenvalue weighted by molar-refractivity contribution is 7.13. The largest absolute Gasteiger partial charge is 0.374 e. The van der Waals surface area contributed by atoms with Crippen molar-refractivity contribution in [2.24, 2.45) is 0 Å². The highest BCUT2D eigenvalue weighted by Crippen LogP contribution is 2.25. The maximum Gasteiger partial charge on any atom is 0.319 e. The van der Waals surface area contributed by atoms with Crippen LogP contribution in [0.2, 0.25) is 0 Å². The molecule has 6 nitrogen and oxygen atoms in total. The zero-order valence-corrected chi connectivity index (χ0v) is 17.8. The van der Waals surface area contributed by atoms with E-state index >= 15 is 0 Å². The van der Waals surface area contributed by atoms with E-state index in [-0.39, 0.29) is 12.1 Å². The number of carbonyl (C=O) groups excluding carboxylic acids is 1. The number of hydrogen-bond acceptors (Lipinski definition) is 5. The number of hydrogen-bond donors (Lipinski definition) is 2. The zero-order valence-electron chi connectivity index (χ0n) is 17.0. The number of carbonyl (C=O) groups is 1. The number of rotatable bonds is 6. The van der Waals surface area contributed by atoms with Gasteiger partial charge >= 0.3 is 6.03 Å². The molecule has 0 radical (unpaired) electrons. The van der Waals surface area contributed by atoms with Gasteiger partial charge in [0, 0.05) is 48.5 Å². The Hall–Kier alpha value is -2.74. The number of aryl methyl sites for hydroxylation is 1. The SMILES string of the molecule is Cc1csc(-c2cccc(NC(=O)NCC3CN(Cc4ccccc4)CCO3)c2)n1. The number of nitrogens with one attached hydrogen (secondary N) is 2. The van der Waals surface area contributed by atoms with Gasteiger partial charge in [-0.1, -0.05) is 42.5 Å². The van der Waals surface area contributed by atoms with Crippen LogP contribution in [0.4, 0.5) is 10.5 Å². The molecule has 2 heterocycles. The lowest BCUT2D eigenvalue weighted by molar-refractivity contribution is -0.0285. The quantitative estimate of drug-likeness (QED) is 0.627. The van der Waals surface area contributed by atoms with Gasteiger partial charge in [0.25, 0.3) is 0 Å². The van der Waals surface area contributed by atoms with Crippen LogP contribution in [0.15, 0.2) is 60.0 Å². The van der Waals surface area contributed by atoms with Crippen LogP contribution >= 0.6 is 11.3 Å². The fraction of sp³-hybridized carbons (Fsp3) is 0.304. The van der Waals surface area contributed by atoms with Crippen molar-refractivity contribution in [2.75, 3.05) is 31.6 Å². The maximum absolute atomic E-state index is 12.4. The molecule has 0 spiro atoms. The molecule has 0 aliphatic carbocycles. The smallest absolute Gasteiger partial charge is 0.319 e. The number of benzene rings is 2. The maximum atomic E-state index is 12.4. The van der Waals surface area contributed by atoms with Crippen LogP contribution in [-0.2, 0) is 11.3 Å². The predicted molar refractivity (Wildman–Crippen MR) is 121 cm³/mol. The normalized spacial score (nSPS) is 16.9. The van der Waals surface area contributed by atoms with Gasteiger partial charge in [0.15, 0.2) is 0 Å². The first-order valence-electron chi connectivity index (χ1n) is 10.1. The van der Waals surface area contributed by atoms with Gasteiger partial charge in [0.05, 0.1) is 12.7 Å². The van der Waals surface area contributed by atoms with Gasteiger partial charge in [0.1, 0.15) is 5.01 Å². The number of morpholine rings is 1. The molecular formula is C23H26N4O2S. The first-order valence-corrected chi connectivity index (χ1v) is 11.0. The molecule has 1 fully saturated rings. The number of anilines is 1. The fourth-order valence-corrected chi connectivity index (χ4v) is 4.28. The van der Waals surface area contributed by atoms with Gasteiger partial charge < -0.3 is 15.4 Å². The van der Waals surface area contributed by atoms with E-state index in [4.69, 9.17) is 4.74 Å². The first kappa shape index (κ1) is 20.5. The number of urea groups is 1. The molecule has 0 bridgehead atoms. The molecule has 2 aromatic carbocycles. The van der Waals surface area contributed by atoms with E-state index in [1.807, 2.05) is 42.6 Å². The third kappa shape index (κ3) is 5.66. The molecule has 7 heteroatoms. The molecule has 2 N–H and O–H groups in total. The Morgan fingerprint density at radius 2 is 2.10 bits per heavy atom. The van der Waals surface area contributed by atoms with E-state index in [2.05, 4.69) is 44.8 Å². The molecule has 1 unspecified atom stereocenters. The Kier molecular flexibility index (Phi) is 6.74. The monoisotopic (exact) mass is 422 g/mol. The first-order chi connectivity index (χ1) is 14.7. The predicted octanol–water partition coefficient (Wildman–Crippen LogP) is 4.14. The van der Waals surface area contributed by atoms with Gasteiger partial charge in [-0.15, -0.1) is 11.3 Å². The minimum absolute atomic E-state index is 0.0159. The highest BCUT2D eigenvalue weighted by atomic mass is 32.1. The van der Waals surface area contributed by atoms with Crippen molar-refractivity contribution in [1.29, 1.82) is 0 Å². The second kappa shape index (κ2) is 9.84.